The van der Waals surface area contributed by atoms with Crippen molar-refractivity contribution in [3.05, 3.63) is 30.1 Å². The number of aromatic nitrogens is 2. The third-order valence-corrected chi connectivity index (χ3v) is 4.28. The number of unbranched alkanes of at least 4 members (excludes halogenated alkanes) is 8. The predicted molar refractivity (Wildman–Crippen MR) is 91.7 cm³/mol. The van der Waals surface area contributed by atoms with Gasteiger partial charge >= 0.3 is 0 Å². The summed E-state index contributed by atoms with van der Waals surface area (Å²) in [6, 6.07) is 6.55. The van der Waals surface area contributed by atoms with E-state index < -0.39 is 0 Å². The summed E-state index contributed by atoms with van der Waals surface area (Å²) < 4.78 is 2.30. The van der Waals surface area contributed by atoms with Gasteiger partial charge in [-0.25, -0.2) is 4.98 Å². The number of fused-ring (bicyclic) bond motifs is 1. The van der Waals surface area contributed by atoms with Gasteiger partial charge in [0.2, 0.25) is 0 Å². The molecule has 2 rings (SSSR count). The molecule has 1 aromatic carbocycles. The van der Waals surface area contributed by atoms with Crippen LogP contribution in [0.4, 0.5) is 0 Å². The molecule has 1 heterocycles. The standard InChI is InChI=1S/C19H30N2/c1-3-4-5-6-7-8-9-10-11-14-21-16-20-18-15-17(2)12-13-19(18)21/h12-13,15-16H,3-11,14H2,1-2H3. The molecule has 0 unspecified atom stereocenters. The molecule has 0 amide bonds. The van der Waals surface area contributed by atoms with Gasteiger partial charge in [0.05, 0.1) is 17.4 Å². The Hall–Kier alpha value is -1.31. The highest BCUT2D eigenvalue weighted by Gasteiger charge is 2.02. The van der Waals surface area contributed by atoms with Gasteiger partial charge in [-0.2, -0.15) is 0 Å². The SMILES string of the molecule is CCCCCCCCCCCn1cnc2cc(C)ccc21. The van der Waals surface area contributed by atoms with Crippen molar-refractivity contribution < 1.29 is 0 Å². The summed E-state index contributed by atoms with van der Waals surface area (Å²) in [4.78, 5) is 4.50. The summed E-state index contributed by atoms with van der Waals surface area (Å²) in [5.74, 6) is 0. The van der Waals surface area contributed by atoms with Gasteiger partial charge in [-0.1, -0.05) is 64.4 Å². The van der Waals surface area contributed by atoms with E-state index in [-0.39, 0.29) is 0 Å². The van der Waals surface area contributed by atoms with E-state index in [0.29, 0.717) is 0 Å². The molecule has 116 valence electrons. The minimum Gasteiger partial charge on any atom is -0.331 e. The molecule has 0 N–H and O–H groups in total. The van der Waals surface area contributed by atoms with Crippen molar-refractivity contribution >= 4 is 11.0 Å². The molecule has 0 atom stereocenters. The summed E-state index contributed by atoms with van der Waals surface area (Å²) in [5.41, 5.74) is 3.70. The molecular weight excluding hydrogens is 256 g/mol. The number of imidazole rings is 1. The lowest BCUT2D eigenvalue weighted by Crippen LogP contribution is -1.96. The fraction of sp³-hybridized carbons (Fsp3) is 0.632. The zero-order valence-electron chi connectivity index (χ0n) is 13.8. The molecule has 0 aliphatic carbocycles. The van der Waals surface area contributed by atoms with Crippen molar-refractivity contribution in [2.75, 3.05) is 0 Å². The maximum absolute atomic E-state index is 4.50. The lowest BCUT2D eigenvalue weighted by Gasteiger charge is -2.05. The van der Waals surface area contributed by atoms with Crippen LogP contribution in [-0.4, -0.2) is 9.55 Å². The smallest absolute Gasteiger partial charge is 0.0958 e. The van der Waals surface area contributed by atoms with E-state index >= 15 is 0 Å². The third kappa shape index (κ3) is 5.18. The van der Waals surface area contributed by atoms with E-state index in [9.17, 15) is 0 Å². The zero-order chi connectivity index (χ0) is 14.9. The largest absolute Gasteiger partial charge is 0.331 e. The Balaban J connectivity index is 1.62. The molecule has 0 aliphatic rings. The van der Waals surface area contributed by atoms with Gasteiger partial charge in [-0.3, -0.25) is 0 Å². The van der Waals surface area contributed by atoms with Crippen LogP contribution in [0.2, 0.25) is 0 Å². The van der Waals surface area contributed by atoms with Crippen LogP contribution in [0, 0.1) is 6.92 Å². The normalized spacial score (nSPS) is 11.3. The van der Waals surface area contributed by atoms with Crippen LogP contribution in [0.1, 0.15) is 70.3 Å². The second kappa shape index (κ2) is 8.86. The number of hydrogen-bond acceptors (Lipinski definition) is 1. The van der Waals surface area contributed by atoms with Gasteiger partial charge in [0.25, 0.3) is 0 Å². The van der Waals surface area contributed by atoms with Crippen molar-refractivity contribution in [1.29, 1.82) is 0 Å². The first kappa shape index (κ1) is 16.1. The first-order chi connectivity index (χ1) is 10.3. The first-order valence-corrected chi connectivity index (χ1v) is 8.72. The van der Waals surface area contributed by atoms with E-state index in [1.807, 2.05) is 6.33 Å². The lowest BCUT2D eigenvalue weighted by molar-refractivity contribution is 0.542. The second-order valence-electron chi connectivity index (χ2n) is 6.26. The minimum absolute atomic E-state index is 1.11. The average Bonchev–Trinajstić information content (AvgIpc) is 2.88. The van der Waals surface area contributed by atoms with E-state index in [1.54, 1.807) is 0 Å². The van der Waals surface area contributed by atoms with Crippen molar-refractivity contribution in [3.63, 3.8) is 0 Å². The van der Waals surface area contributed by atoms with Crippen molar-refractivity contribution in [2.45, 2.75) is 78.2 Å². The van der Waals surface area contributed by atoms with Gasteiger partial charge in [-0.05, 0) is 31.0 Å². The Bertz CT molecular complexity index is 527. The monoisotopic (exact) mass is 286 g/mol. The molecule has 0 radical (unpaired) electrons. The van der Waals surface area contributed by atoms with Crippen molar-refractivity contribution in [3.8, 4) is 0 Å². The van der Waals surface area contributed by atoms with Gasteiger partial charge < -0.3 is 4.57 Å². The number of rotatable bonds is 10. The Labute approximate surface area is 129 Å². The predicted octanol–water partition coefficient (Wildman–Crippen LogP) is 5.88. The van der Waals surface area contributed by atoms with E-state index in [2.05, 4.69) is 41.6 Å². The summed E-state index contributed by atoms with van der Waals surface area (Å²) in [5, 5.41) is 0. The molecule has 1 aromatic heterocycles. The summed E-state index contributed by atoms with van der Waals surface area (Å²) in [6.45, 7) is 5.51. The van der Waals surface area contributed by atoms with E-state index in [4.69, 9.17) is 0 Å². The summed E-state index contributed by atoms with van der Waals surface area (Å²) in [6.07, 6.45) is 14.4. The number of aryl methyl sites for hydroxylation is 2. The Morgan fingerprint density at radius 2 is 1.57 bits per heavy atom. The number of benzene rings is 1. The van der Waals surface area contributed by atoms with Crippen molar-refractivity contribution in [2.24, 2.45) is 0 Å². The Morgan fingerprint density at radius 3 is 2.29 bits per heavy atom. The van der Waals surface area contributed by atoms with Crippen molar-refractivity contribution in [1.82, 2.24) is 9.55 Å². The summed E-state index contributed by atoms with van der Waals surface area (Å²) >= 11 is 0. The molecule has 2 nitrogen and oxygen atoms in total. The molecule has 0 spiro atoms. The number of nitrogens with zero attached hydrogens (tertiary/aromatic N) is 2. The highest BCUT2D eigenvalue weighted by molar-refractivity contribution is 5.75. The fourth-order valence-electron chi connectivity index (χ4n) is 2.94. The molecule has 0 bridgehead atoms. The lowest BCUT2D eigenvalue weighted by atomic mass is 10.1. The molecule has 0 fully saturated rings. The van der Waals surface area contributed by atoms with Crippen LogP contribution < -0.4 is 0 Å². The second-order valence-corrected chi connectivity index (χ2v) is 6.26. The number of hydrogen-bond donors (Lipinski definition) is 0. The first-order valence-electron chi connectivity index (χ1n) is 8.72. The average molecular weight is 286 g/mol. The highest BCUT2D eigenvalue weighted by Crippen LogP contribution is 2.16. The molecular formula is C19H30N2. The molecule has 2 aromatic rings. The van der Waals surface area contributed by atoms with Crippen LogP contribution in [-0.2, 0) is 6.54 Å². The molecule has 0 aliphatic heterocycles. The quantitative estimate of drug-likeness (QED) is 0.499. The zero-order valence-corrected chi connectivity index (χ0v) is 13.8. The topological polar surface area (TPSA) is 17.8 Å². The van der Waals surface area contributed by atoms with Crippen LogP contribution in [0.15, 0.2) is 24.5 Å². The van der Waals surface area contributed by atoms with Gasteiger partial charge in [0, 0.05) is 6.54 Å². The fourth-order valence-corrected chi connectivity index (χ4v) is 2.94. The molecule has 0 saturated carbocycles. The van der Waals surface area contributed by atoms with Crippen LogP contribution in [0.25, 0.3) is 11.0 Å². The minimum atomic E-state index is 1.11. The molecule has 2 heteroatoms. The maximum Gasteiger partial charge on any atom is 0.0958 e. The third-order valence-electron chi connectivity index (χ3n) is 4.28. The van der Waals surface area contributed by atoms with Gasteiger partial charge in [0.1, 0.15) is 0 Å². The Morgan fingerprint density at radius 1 is 0.905 bits per heavy atom. The van der Waals surface area contributed by atoms with E-state index in [1.165, 1.54) is 68.9 Å². The van der Waals surface area contributed by atoms with Crippen LogP contribution in [0.5, 0.6) is 0 Å². The summed E-state index contributed by atoms with van der Waals surface area (Å²) in [7, 11) is 0. The van der Waals surface area contributed by atoms with E-state index in [0.717, 1.165) is 12.1 Å². The Kier molecular flexibility index (Phi) is 6.78. The van der Waals surface area contributed by atoms with Gasteiger partial charge in [-0.15, -0.1) is 0 Å². The molecule has 21 heavy (non-hydrogen) atoms. The maximum atomic E-state index is 4.50. The van der Waals surface area contributed by atoms with Gasteiger partial charge in [0.15, 0.2) is 0 Å². The molecule has 0 saturated heterocycles. The van der Waals surface area contributed by atoms with Crippen LogP contribution >= 0.6 is 0 Å². The van der Waals surface area contributed by atoms with Crippen LogP contribution in [0.3, 0.4) is 0 Å². The highest BCUT2D eigenvalue weighted by atomic mass is 15.0.